The highest BCUT2D eigenvalue weighted by Gasteiger charge is 2.33. The van der Waals surface area contributed by atoms with E-state index in [0.717, 1.165) is 33.9 Å². The number of aromatic nitrogens is 4. The zero-order chi connectivity index (χ0) is 26.3. The first-order valence-corrected chi connectivity index (χ1v) is 14.0. The van der Waals surface area contributed by atoms with Gasteiger partial charge in [-0.1, -0.05) is 12.1 Å². The number of rotatable bonds is 11. The molecule has 0 aliphatic carbocycles. The number of nitrogens with one attached hydrogen (secondary N) is 1. The molecule has 1 aliphatic rings. The van der Waals surface area contributed by atoms with E-state index < -0.39 is 6.04 Å². The third-order valence-corrected chi connectivity index (χ3v) is 7.99. The summed E-state index contributed by atoms with van der Waals surface area (Å²) in [6.07, 6.45) is 1.90. The SMILES string of the molecule is COc1ccc(-c2nnn(CC(=O)N(Cc3cccs3)[C@@H](C(=O)NC[C@@H]3CCCO3)c3cccs3)n2)cc1. The van der Waals surface area contributed by atoms with Crippen LogP contribution in [-0.4, -0.2) is 63.3 Å². The molecule has 2 atom stereocenters. The van der Waals surface area contributed by atoms with Gasteiger partial charge in [-0.2, -0.15) is 4.80 Å². The fourth-order valence-corrected chi connectivity index (χ4v) is 5.80. The lowest BCUT2D eigenvalue weighted by Gasteiger charge is -2.30. The minimum Gasteiger partial charge on any atom is -0.497 e. The first-order valence-electron chi connectivity index (χ1n) is 12.3. The molecule has 1 aromatic carbocycles. The second-order valence-corrected chi connectivity index (χ2v) is 10.8. The highest BCUT2D eigenvalue weighted by Crippen LogP contribution is 2.29. The molecule has 10 nitrogen and oxygen atoms in total. The summed E-state index contributed by atoms with van der Waals surface area (Å²) in [5.41, 5.74) is 0.755. The van der Waals surface area contributed by atoms with Crippen LogP contribution >= 0.6 is 22.7 Å². The Balaban J connectivity index is 1.37. The highest BCUT2D eigenvalue weighted by atomic mass is 32.1. The van der Waals surface area contributed by atoms with E-state index in [4.69, 9.17) is 9.47 Å². The van der Waals surface area contributed by atoms with E-state index in [2.05, 4.69) is 20.7 Å². The van der Waals surface area contributed by atoms with Gasteiger partial charge in [0.2, 0.25) is 17.6 Å². The van der Waals surface area contributed by atoms with Crippen LogP contribution in [0.15, 0.2) is 59.3 Å². The molecule has 1 fully saturated rings. The smallest absolute Gasteiger partial charge is 0.248 e. The fourth-order valence-electron chi connectivity index (χ4n) is 4.26. The zero-order valence-electron chi connectivity index (χ0n) is 20.9. The first-order chi connectivity index (χ1) is 18.6. The molecule has 0 saturated carbocycles. The van der Waals surface area contributed by atoms with E-state index >= 15 is 0 Å². The van der Waals surface area contributed by atoms with Gasteiger partial charge in [-0.15, -0.1) is 32.9 Å². The molecule has 12 heteroatoms. The Morgan fingerprint density at radius 2 is 2.00 bits per heavy atom. The summed E-state index contributed by atoms with van der Waals surface area (Å²) in [6.45, 7) is 1.25. The largest absolute Gasteiger partial charge is 0.497 e. The number of thiophene rings is 2. The lowest BCUT2D eigenvalue weighted by molar-refractivity contribution is -0.142. The van der Waals surface area contributed by atoms with Gasteiger partial charge in [0.1, 0.15) is 18.3 Å². The van der Waals surface area contributed by atoms with E-state index in [1.165, 1.54) is 27.5 Å². The monoisotopic (exact) mass is 552 g/mol. The van der Waals surface area contributed by atoms with Gasteiger partial charge in [0, 0.05) is 28.5 Å². The summed E-state index contributed by atoms with van der Waals surface area (Å²) in [5.74, 6) is 0.591. The van der Waals surface area contributed by atoms with Crippen molar-refractivity contribution in [3.8, 4) is 17.1 Å². The Hall–Kier alpha value is -3.61. The van der Waals surface area contributed by atoms with Crippen LogP contribution in [-0.2, 0) is 27.4 Å². The summed E-state index contributed by atoms with van der Waals surface area (Å²) < 4.78 is 10.9. The maximum atomic E-state index is 13.8. The lowest BCUT2D eigenvalue weighted by atomic mass is 10.1. The number of nitrogens with zero attached hydrogens (tertiary/aromatic N) is 5. The molecule has 1 saturated heterocycles. The van der Waals surface area contributed by atoms with Crippen LogP contribution in [0, 0.1) is 0 Å². The number of benzene rings is 1. The molecule has 2 amide bonds. The van der Waals surface area contributed by atoms with Crippen molar-refractivity contribution in [3.05, 3.63) is 69.0 Å². The number of tetrazole rings is 1. The normalized spacial score (nSPS) is 15.8. The number of amides is 2. The van der Waals surface area contributed by atoms with Crippen molar-refractivity contribution in [1.82, 2.24) is 30.4 Å². The molecule has 4 aromatic rings. The average Bonchev–Trinajstić information content (AvgIpc) is 3.76. The minimum atomic E-state index is -0.796. The third-order valence-electron chi connectivity index (χ3n) is 6.21. The molecule has 5 rings (SSSR count). The predicted molar refractivity (Wildman–Crippen MR) is 144 cm³/mol. The second kappa shape index (κ2) is 12.3. The van der Waals surface area contributed by atoms with Crippen molar-refractivity contribution < 1.29 is 19.1 Å². The minimum absolute atomic E-state index is 0.0000995. The average molecular weight is 553 g/mol. The van der Waals surface area contributed by atoms with Gasteiger partial charge in [0.05, 0.1) is 19.8 Å². The van der Waals surface area contributed by atoms with E-state index in [9.17, 15) is 9.59 Å². The van der Waals surface area contributed by atoms with E-state index in [0.29, 0.717) is 19.0 Å². The molecule has 0 radical (unpaired) electrons. The molecule has 0 spiro atoms. The molecule has 3 aromatic heterocycles. The van der Waals surface area contributed by atoms with Crippen molar-refractivity contribution in [2.24, 2.45) is 0 Å². The topological polar surface area (TPSA) is 111 Å². The number of hydrogen-bond acceptors (Lipinski definition) is 9. The predicted octanol–water partition coefficient (Wildman–Crippen LogP) is 3.54. The Bertz CT molecular complexity index is 1320. The standard InChI is InChI=1S/C26H28N6O4S2/c1-35-19-10-8-18(9-11-19)25-28-30-32(29-25)17-23(33)31(16-21-6-3-13-37-21)24(22-7-4-14-38-22)26(34)27-15-20-5-2-12-36-20/h3-4,6-11,13-14,20,24H,2,5,12,15-17H2,1H3,(H,27,34)/t20-,24+/m0/s1. The van der Waals surface area contributed by atoms with Crippen LogP contribution in [0.1, 0.15) is 28.6 Å². The van der Waals surface area contributed by atoms with Gasteiger partial charge in [-0.05, 0) is 65.2 Å². The fraction of sp³-hybridized carbons (Fsp3) is 0.346. The quantitative estimate of drug-likeness (QED) is 0.303. The summed E-state index contributed by atoms with van der Waals surface area (Å²) >= 11 is 2.98. The van der Waals surface area contributed by atoms with Crippen LogP contribution in [0.5, 0.6) is 5.75 Å². The van der Waals surface area contributed by atoms with Crippen LogP contribution in [0.3, 0.4) is 0 Å². The van der Waals surface area contributed by atoms with E-state index in [1.807, 2.05) is 59.3 Å². The van der Waals surface area contributed by atoms with E-state index in [1.54, 1.807) is 12.0 Å². The molecule has 38 heavy (non-hydrogen) atoms. The Morgan fingerprint density at radius 1 is 1.18 bits per heavy atom. The third kappa shape index (κ3) is 6.26. The van der Waals surface area contributed by atoms with E-state index in [-0.39, 0.29) is 31.0 Å². The Kier molecular flexibility index (Phi) is 8.41. The summed E-state index contributed by atoms with van der Waals surface area (Å²) in [4.78, 5) is 31.9. The number of methoxy groups -OCH3 is 1. The van der Waals surface area contributed by atoms with Gasteiger partial charge in [-0.25, -0.2) is 0 Å². The number of hydrogen-bond donors (Lipinski definition) is 1. The van der Waals surface area contributed by atoms with Crippen molar-refractivity contribution in [2.45, 2.75) is 38.1 Å². The van der Waals surface area contributed by atoms with Gasteiger partial charge in [0.25, 0.3) is 0 Å². The maximum Gasteiger partial charge on any atom is 0.248 e. The van der Waals surface area contributed by atoms with Crippen LogP contribution in [0.2, 0.25) is 0 Å². The summed E-state index contributed by atoms with van der Waals surface area (Å²) in [6, 6.07) is 14.1. The van der Waals surface area contributed by atoms with Crippen molar-refractivity contribution in [3.63, 3.8) is 0 Å². The van der Waals surface area contributed by atoms with Gasteiger partial charge >= 0.3 is 0 Å². The Morgan fingerprint density at radius 3 is 2.68 bits per heavy atom. The molecule has 0 bridgehead atoms. The molecular formula is C26H28N6O4S2. The van der Waals surface area contributed by atoms with Crippen molar-refractivity contribution >= 4 is 34.5 Å². The molecule has 1 aliphatic heterocycles. The summed E-state index contributed by atoms with van der Waals surface area (Å²) in [7, 11) is 1.60. The van der Waals surface area contributed by atoms with Crippen molar-refractivity contribution in [2.75, 3.05) is 20.3 Å². The number of carbonyl (C=O) groups is 2. The first kappa shape index (κ1) is 26.0. The highest BCUT2D eigenvalue weighted by molar-refractivity contribution is 7.10. The Labute approximate surface area is 228 Å². The molecule has 4 heterocycles. The maximum absolute atomic E-state index is 13.8. The van der Waals surface area contributed by atoms with Gasteiger partial charge in [-0.3, -0.25) is 9.59 Å². The van der Waals surface area contributed by atoms with Crippen molar-refractivity contribution in [1.29, 1.82) is 0 Å². The lowest BCUT2D eigenvalue weighted by Crippen LogP contribution is -2.45. The molecule has 198 valence electrons. The van der Waals surface area contributed by atoms with Crippen LogP contribution in [0.25, 0.3) is 11.4 Å². The molecule has 1 N–H and O–H groups in total. The molecule has 0 unspecified atom stereocenters. The zero-order valence-corrected chi connectivity index (χ0v) is 22.5. The van der Waals surface area contributed by atoms with Crippen LogP contribution < -0.4 is 10.1 Å². The number of ether oxygens (including phenoxy) is 2. The molecular weight excluding hydrogens is 524 g/mol. The summed E-state index contributed by atoms with van der Waals surface area (Å²) in [5, 5.41) is 19.5. The van der Waals surface area contributed by atoms with Gasteiger partial charge < -0.3 is 19.7 Å². The van der Waals surface area contributed by atoms with Gasteiger partial charge in [0.15, 0.2) is 0 Å². The number of carbonyl (C=O) groups excluding carboxylic acids is 2. The second-order valence-electron chi connectivity index (χ2n) is 8.77. The van der Waals surface area contributed by atoms with Crippen LogP contribution in [0.4, 0.5) is 0 Å².